The van der Waals surface area contributed by atoms with Gasteiger partial charge in [-0.2, -0.15) is 0 Å². The van der Waals surface area contributed by atoms with Crippen LogP contribution in [0.4, 0.5) is 0 Å². The van der Waals surface area contributed by atoms with Gasteiger partial charge in [0.15, 0.2) is 0 Å². The van der Waals surface area contributed by atoms with Crippen molar-refractivity contribution in [2.24, 2.45) is 0 Å². The number of hydrogen-bond donors (Lipinski definition) is 0. The molecule has 0 aromatic heterocycles. The first-order valence-corrected chi connectivity index (χ1v) is 7.80. The molecule has 0 saturated carbocycles. The van der Waals surface area contributed by atoms with Crippen molar-refractivity contribution < 1.29 is 41.0 Å². The monoisotopic (exact) mass is 440 g/mol. The van der Waals surface area contributed by atoms with Crippen LogP contribution in [-0.4, -0.2) is 21.8 Å². The number of aliphatic carboxylic acids is 1. The zero-order chi connectivity index (χ0) is 18.4. The minimum absolute atomic E-state index is 0. The first kappa shape index (κ1) is 25.6. The number of carboxylic acids is 2. The van der Waals surface area contributed by atoms with Gasteiger partial charge in [0.25, 0.3) is 0 Å². The fourth-order valence-electron chi connectivity index (χ4n) is 1.54. The number of ether oxygens (including phenoxy) is 1. The Bertz CT molecular complexity index is 557. The number of rotatable bonds is 4. The zero-order valence-corrected chi connectivity index (χ0v) is 16.6. The van der Waals surface area contributed by atoms with E-state index in [1.165, 1.54) is 6.07 Å². The van der Waals surface area contributed by atoms with E-state index in [-0.39, 0.29) is 34.1 Å². The number of carbonyl (C=O) groups is 2. The smallest absolute Gasteiger partial charge is 0.545 e. The number of hydrogen-bond acceptors (Lipinski definition) is 5. The molecule has 0 atom stereocenters. The van der Waals surface area contributed by atoms with E-state index in [9.17, 15) is 19.8 Å². The molecule has 1 aromatic carbocycles. The summed E-state index contributed by atoms with van der Waals surface area (Å²) in [6.45, 7) is 7.75. The van der Waals surface area contributed by atoms with Crippen LogP contribution in [0.2, 0.25) is 0 Å². The van der Waals surface area contributed by atoms with E-state index in [1.807, 2.05) is 33.8 Å². The zero-order valence-electron chi connectivity index (χ0n) is 13.4. The SMILES string of the molecule is CC(C)Oc1c(C(=O)[O-])cccc1C(C)C.O=C([O-])C(Cl)(Cl)Cl.[Ni+2]. The number of alkyl halides is 3. The number of para-hydroxylation sites is 1. The van der Waals surface area contributed by atoms with Gasteiger partial charge in [0, 0.05) is 5.56 Å². The molecule has 5 nitrogen and oxygen atoms in total. The van der Waals surface area contributed by atoms with Crippen LogP contribution in [0.1, 0.15) is 49.5 Å². The van der Waals surface area contributed by atoms with Crippen molar-refractivity contribution in [2.75, 3.05) is 0 Å². The van der Waals surface area contributed by atoms with Crippen molar-refractivity contribution in [3.8, 4) is 5.75 Å². The summed E-state index contributed by atoms with van der Waals surface area (Å²) in [5.74, 6) is -2.25. The topological polar surface area (TPSA) is 89.5 Å². The van der Waals surface area contributed by atoms with E-state index in [4.69, 9.17) is 39.5 Å². The van der Waals surface area contributed by atoms with E-state index in [0.29, 0.717) is 5.75 Å². The number of carbonyl (C=O) groups excluding carboxylic acids is 2. The minimum atomic E-state index is -2.28. The van der Waals surface area contributed by atoms with Gasteiger partial charge in [0.2, 0.25) is 3.79 Å². The molecule has 9 heteroatoms. The van der Waals surface area contributed by atoms with Gasteiger partial charge in [-0.1, -0.05) is 60.8 Å². The van der Waals surface area contributed by atoms with Crippen molar-refractivity contribution in [1.29, 1.82) is 0 Å². The molecule has 0 unspecified atom stereocenters. The van der Waals surface area contributed by atoms with E-state index in [1.54, 1.807) is 6.07 Å². The number of benzene rings is 1. The number of halogens is 3. The molecular formula is C15H17Cl3NiO5. The van der Waals surface area contributed by atoms with Crippen LogP contribution in [0.3, 0.4) is 0 Å². The number of carboxylic acid groups (broad SMARTS) is 2. The van der Waals surface area contributed by atoms with Gasteiger partial charge in [0.1, 0.15) is 5.75 Å². The molecule has 0 aliphatic carbocycles. The Labute approximate surface area is 166 Å². The van der Waals surface area contributed by atoms with E-state index in [2.05, 4.69) is 0 Å². The molecule has 0 spiro atoms. The Balaban J connectivity index is 0. The normalized spacial score (nSPS) is 10.5. The van der Waals surface area contributed by atoms with Gasteiger partial charge in [-0.15, -0.1) is 0 Å². The molecule has 0 N–H and O–H groups in total. The average molecular weight is 442 g/mol. The molecule has 0 radical (unpaired) electrons. The molecule has 138 valence electrons. The van der Waals surface area contributed by atoms with Crippen molar-refractivity contribution in [3.05, 3.63) is 29.3 Å². The summed E-state index contributed by atoms with van der Waals surface area (Å²) in [5, 5.41) is 20.5. The Hall–Kier alpha value is -0.676. The van der Waals surface area contributed by atoms with Gasteiger partial charge >= 0.3 is 16.5 Å². The van der Waals surface area contributed by atoms with Crippen molar-refractivity contribution in [1.82, 2.24) is 0 Å². The predicted octanol–water partition coefficient (Wildman–Crippen LogP) is 2.06. The Morgan fingerprint density at radius 1 is 1.08 bits per heavy atom. The van der Waals surface area contributed by atoms with E-state index >= 15 is 0 Å². The third kappa shape index (κ3) is 8.98. The molecule has 0 aliphatic heterocycles. The standard InChI is InChI=1S/C13H18O3.C2HCl3O2.Ni/c1-8(2)10-6-5-7-11(13(14)15)12(10)16-9(3)4;3-2(4,5)1(6)7;/h5-9H,1-4H3,(H,14,15);(H,6,7);/q;;+2/p-2. The summed E-state index contributed by atoms with van der Waals surface area (Å²) in [5.41, 5.74) is 1.02. The van der Waals surface area contributed by atoms with Crippen molar-refractivity contribution >= 4 is 46.7 Å². The fraction of sp³-hybridized carbons (Fsp3) is 0.467. The summed E-state index contributed by atoms with van der Waals surface area (Å²) < 4.78 is 3.30. The third-order valence-electron chi connectivity index (χ3n) is 2.47. The Morgan fingerprint density at radius 2 is 1.54 bits per heavy atom. The van der Waals surface area contributed by atoms with Crippen LogP contribution in [0.25, 0.3) is 0 Å². The largest absolute Gasteiger partial charge is 2.00 e. The molecular weight excluding hydrogens is 425 g/mol. The van der Waals surface area contributed by atoms with Gasteiger partial charge in [-0.05, 0) is 31.4 Å². The fourth-order valence-corrected chi connectivity index (χ4v) is 1.54. The summed E-state index contributed by atoms with van der Waals surface area (Å²) in [4.78, 5) is 20.5. The van der Waals surface area contributed by atoms with E-state index < -0.39 is 15.7 Å². The summed E-state index contributed by atoms with van der Waals surface area (Å²) in [6, 6.07) is 5.11. The molecule has 0 fully saturated rings. The van der Waals surface area contributed by atoms with Crippen LogP contribution in [-0.2, 0) is 21.3 Å². The minimum Gasteiger partial charge on any atom is -0.545 e. The Kier molecular flexibility index (Phi) is 11.8. The second-order valence-electron chi connectivity index (χ2n) is 5.12. The predicted molar refractivity (Wildman–Crippen MR) is 85.9 cm³/mol. The van der Waals surface area contributed by atoms with Crippen LogP contribution in [0.5, 0.6) is 5.75 Å². The van der Waals surface area contributed by atoms with Gasteiger partial charge in [-0.3, -0.25) is 0 Å². The third-order valence-corrected chi connectivity index (χ3v) is 2.94. The molecule has 1 rings (SSSR count). The van der Waals surface area contributed by atoms with Crippen LogP contribution in [0, 0.1) is 0 Å². The summed E-state index contributed by atoms with van der Waals surface area (Å²) in [6.07, 6.45) is -0.0574. The van der Waals surface area contributed by atoms with Crippen LogP contribution < -0.4 is 14.9 Å². The van der Waals surface area contributed by atoms with Crippen molar-refractivity contribution in [2.45, 2.75) is 43.5 Å². The van der Waals surface area contributed by atoms with Crippen molar-refractivity contribution in [3.63, 3.8) is 0 Å². The van der Waals surface area contributed by atoms with Gasteiger partial charge < -0.3 is 24.5 Å². The first-order valence-electron chi connectivity index (χ1n) is 6.67. The average Bonchev–Trinajstić information content (AvgIpc) is 2.37. The molecule has 24 heavy (non-hydrogen) atoms. The molecule has 0 aliphatic rings. The van der Waals surface area contributed by atoms with Gasteiger partial charge in [0.05, 0.1) is 18.0 Å². The van der Waals surface area contributed by atoms with Crippen LogP contribution >= 0.6 is 34.8 Å². The van der Waals surface area contributed by atoms with Crippen LogP contribution in [0.15, 0.2) is 18.2 Å². The molecule has 0 heterocycles. The Morgan fingerprint density at radius 3 is 1.83 bits per heavy atom. The quantitative estimate of drug-likeness (QED) is 0.526. The molecule has 0 amide bonds. The molecule has 0 bridgehead atoms. The van der Waals surface area contributed by atoms with Gasteiger partial charge in [-0.25, -0.2) is 0 Å². The maximum Gasteiger partial charge on any atom is 2.00 e. The summed E-state index contributed by atoms with van der Waals surface area (Å²) >= 11 is 14.2. The maximum absolute atomic E-state index is 11.0. The second-order valence-corrected chi connectivity index (χ2v) is 7.40. The number of aromatic carboxylic acids is 1. The molecule has 1 aromatic rings. The first-order chi connectivity index (χ1) is 10.4. The summed E-state index contributed by atoms with van der Waals surface area (Å²) in [7, 11) is 0. The maximum atomic E-state index is 11.0. The van der Waals surface area contributed by atoms with E-state index in [0.717, 1.165) is 5.56 Å². The second kappa shape index (κ2) is 11.0. The molecule has 0 saturated heterocycles.